The Morgan fingerprint density at radius 1 is 0.946 bits per heavy atom. The molecule has 0 unspecified atom stereocenters. The van der Waals surface area contributed by atoms with Gasteiger partial charge in [-0.15, -0.1) is 6.54 Å². The molecular formula is C28H40N3O5Rb. The van der Waals surface area contributed by atoms with Crippen LogP contribution in [-0.4, -0.2) is 50.2 Å². The summed E-state index contributed by atoms with van der Waals surface area (Å²) in [5, 5.41) is 10.0. The van der Waals surface area contributed by atoms with Gasteiger partial charge in [0.25, 0.3) is 0 Å². The van der Waals surface area contributed by atoms with Gasteiger partial charge in [-0.3, -0.25) is 9.59 Å². The fourth-order valence-corrected chi connectivity index (χ4v) is 4.08. The zero-order chi connectivity index (χ0) is 26.2. The quantitative estimate of drug-likeness (QED) is 0.211. The summed E-state index contributed by atoms with van der Waals surface area (Å²) < 4.78 is 5.34. The third-order valence-corrected chi connectivity index (χ3v) is 6.14. The minimum atomic E-state index is -0.351. The maximum Gasteiger partial charge on any atom is 1.00 e. The van der Waals surface area contributed by atoms with Gasteiger partial charge in [0.05, 0.1) is 12.5 Å². The minimum absolute atomic E-state index is 0. The van der Waals surface area contributed by atoms with Gasteiger partial charge in [-0.1, -0.05) is 36.2 Å². The molecule has 0 aromatic heterocycles. The number of ketones is 2. The Balaban J connectivity index is 0.00000684. The number of rotatable bonds is 17. The predicted octanol–water partition coefficient (Wildman–Crippen LogP) is 1.38. The van der Waals surface area contributed by atoms with Crippen molar-refractivity contribution in [3.05, 3.63) is 52.0 Å². The number of benzene rings is 1. The maximum absolute atomic E-state index is 12.8. The van der Waals surface area contributed by atoms with Gasteiger partial charge < -0.3 is 30.3 Å². The van der Waals surface area contributed by atoms with Gasteiger partial charge in [-0.2, -0.15) is 0 Å². The fourth-order valence-electron chi connectivity index (χ4n) is 4.08. The molecule has 2 rings (SSSR count). The van der Waals surface area contributed by atoms with Crippen LogP contribution < -0.4 is 68.8 Å². The molecule has 1 aromatic carbocycles. The Morgan fingerprint density at radius 3 is 2.38 bits per heavy atom. The maximum atomic E-state index is 12.8. The first-order chi connectivity index (χ1) is 17.4. The number of hydrogen-bond donors (Lipinski definition) is 2. The molecule has 1 aliphatic rings. The van der Waals surface area contributed by atoms with Crippen LogP contribution in [0.5, 0.6) is 0 Å². The van der Waals surface area contributed by atoms with E-state index in [1.807, 2.05) is 19.2 Å². The molecule has 0 bridgehead atoms. The molecule has 2 N–H and O–H groups in total. The van der Waals surface area contributed by atoms with Crippen molar-refractivity contribution in [1.82, 2.24) is 10.6 Å². The summed E-state index contributed by atoms with van der Waals surface area (Å²) in [4.78, 5) is 47.5. The number of unbranched alkanes of at least 4 members (excludes halogenated alkanes) is 2. The molecular weight excluding hydrogens is 544 g/mol. The number of Topliss-reactive ketones (excluding diaryl/α,β-unsaturated/α-hetero) is 2. The van der Waals surface area contributed by atoms with Crippen LogP contribution in [-0.2, 0) is 25.7 Å². The molecule has 0 saturated heterocycles. The van der Waals surface area contributed by atoms with Gasteiger partial charge in [-0.05, 0) is 51.9 Å². The molecule has 2 amide bonds. The number of amides is 2. The van der Waals surface area contributed by atoms with Crippen molar-refractivity contribution in [3.63, 3.8) is 0 Å². The Kier molecular flexibility index (Phi) is 18.1. The molecule has 1 aromatic rings. The smallest absolute Gasteiger partial charge is 0.648 e. The summed E-state index contributed by atoms with van der Waals surface area (Å²) in [5.74, 6) is -0.130. The Hall–Kier alpha value is -1.19. The Labute approximate surface area is 269 Å². The normalized spacial score (nSPS) is 12.9. The van der Waals surface area contributed by atoms with Gasteiger partial charge in [0.15, 0.2) is 5.78 Å². The van der Waals surface area contributed by atoms with Crippen molar-refractivity contribution in [3.8, 4) is 0 Å². The van der Waals surface area contributed by atoms with Crippen molar-refractivity contribution < 1.29 is 82.1 Å². The third-order valence-electron chi connectivity index (χ3n) is 6.14. The first-order valence-corrected chi connectivity index (χ1v) is 13.0. The van der Waals surface area contributed by atoms with E-state index in [1.165, 1.54) is 0 Å². The monoisotopic (exact) mass is 583 g/mol. The summed E-state index contributed by atoms with van der Waals surface area (Å²) in [5.41, 5.74) is 3.40. The van der Waals surface area contributed by atoms with E-state index in [0.29, 0.717) is 38.0 Å². The second-order valence-electron chi connectivity index (χ2n) is 9.17. The van der Waals surface area contributed by atoms with Crippen LogP contribution in [0.25, 0.3) is 5.32 Å². The topological polar surface area (TPSA) is 116 Å². The standard InChI is InChI=1S/C28H41N3O5.Rb/c1-21(32)9-4-3-7-17-30-26(33)12-8-18-36-20-27(34)31-19-22-13-15-23(16-14-22)28(35)24-10-5-6-11-25(24)29-2;/h13-16H,3-12,17-20H2,1-2H3,(H3,29,30,31,33,34,35);/q;+1/p-1. The van der Waals surface area contributed by atoms with Crippen molar-refractivity contribution in [1.29, 1.82) is 0 Å². The van der Waals surface area contributed by atoms with E-state index in [1.54, 1.807) is 19.1 Å². The van der Waals surface area contributed by atoms with E-state index in [0.717, 1.165) is 61.8 Å². The van der Waals surface area contributed by atoms with E-state index >= 15 is 0 Å². The summed E-state index contributed by atoms with van der Waals surface area (Å²) in [7, 11) is 1.86. The van der Waals surface area contributed by atoms with Gasteiger partial charge >= 0.3 is 58.2 Å². The summed E-state index contributed by atoms with van der Waals surface area (Å²) in [6.45, 7) is 2.63. The molecule has 8 nitrogen and oxygen atoms in total. The zero-order valence-corrected chi connectivity index (χ0v) is 27.6. The molecule has 0 fully saturated rings. The zero-order valence-electron chi connectivity index (χ0n) is 22.7. The Morgan fingerprint density at radius 2 is 1.68 bits per heavy atom. The number of carbonyl (C=O) groups excluding carboxylic acids is 4. The van der Waals surface area contributed by atoms with Crippen LogP contribution in [0.1, 0.15) is 87.1 Å². The Bertz CT molecular complexity index is 915. The van der Waals surface area contributed by atoms with E-state index in [9.17, 15) is 19.2 Å². The SMILES string of the molecule is CNC1=C(C(=O)c2ccc(C[N-]C(=O)COCCCC(=O)NCCCCCC(C)=O)cc2)CCCC1.[Rb+]. The molecule has 0 atom stereocenters. The number of hydrogen-bond acceptors (Lipinski definition) is 6. The summed E-state index contributed by atoms with van der Waals surface area (Å²) in [6.07, 6.45) is 7.97. The molecule has 0 heterocycles. The molecule has 0 spiro atoms. The second-order valence-corrected chi connectivity index (χ2v) is 9.17. The average molecular weight is 584 g/mol. The second kappa shape index (κ2) is 19.8. The van der Waals surface area contributed by atoms with Gasteiger partial charge in [0.1, 0.15) is 5.78 Å². The largest absolute Gasteiger partial charge is 1.00 e. The molecule has 0 aliphatic heterocycles. The number of allylic oxidation sites excluding steroid dienone is 2. The van der Waals surface area contributed by atoms with Gasteiger partial charge in [0, 0.05) is 49.9 Å². The number of ether oxygens (including phenoxy) is 1. The van der Waals surface area contributed by atoms with Crippen LogP contribution in [0.15, 0.2) is 35.5 Å². The summed E-state index contributed by atoms with van der Waals surface area (Å²) in [6, 6.07) is 7.24. The van der Waals surface area contributed by atoms with Crippen molar-refractivity contribution in [2.24, 2.45) is 0 Å². The van der Waals surface area contributed by atoms with Crippen LogP contribution in [0.3, 0.4) is 0 Å². The van der Waals surface area contributed by atoms with Crippen molar-refractivity contribution >= 4 is 23.4 Å². The van der Waals surface area contributed by atoms with Crippen LogP contribution >= 0.6 is 0 Å². The van der Waals surface area contributed by atoms with Gasteiger partial charge in [0.2, 0.25) is 5.91 Å². The van der Waals surface area contributed by atoms with Crippen LogP contribution in [0.4, 0.5) is 0 Å². The van der Waals surface area contributed by atoms with Gasteiger partial charge in [-0.25, -0.2) is 0 Å². The van der Waals surface area contributed by atoms with E-state index in [-0.39, 0.29) is 94.7 Å². The molecule has 198 valence electrons. The van der Waals surface area contributed by atoms with E-state index < -0.39 is 0 Å². The predicted molar refractivity (Wildman–Crippen MR) is 140 cm³/mol. The van der Waals surface area contributed by atoms with Crippen LogP contribution in [0.2, 0.25) is 0 Å². The molecule has 1 aliphatic carbocycles. The van der Waals surface area contributed by atoms with Crippen LogP contribution in [0, 0.1) is 0 Å². The first kappa shape index (κ1) is 33.8. The number of nitrogens with zero attached hydrogens (tertiary/aromatic N) is 1. The fraction of sp³-hybridized carbons (Fsp3) is 0.571. The summed E-state index contributed by atoms with van der Waals surface area (Å²) >= 11 is 0. The molecule has 0 radical (unpaired) electrons. The third kappa shape index (κ3) is 14.0. The average Bonchev–Trinajstić information content (AvgIpc) is 2.89. The van der Waals surface area contributed by atoms with E-state index in [2.05, 4.69) is 16.0 Å². The van der Waals surface area contributed by atoms with Crippen molar-refractivity contribution in [2.75, 3.05) is 26.8 Å². The minimum Gasteiger partial charge on any atom is -0.648 e. The van der Waals surface area contributed by atoms with Crippen molar-refractivity contribution in [2.45, 2.75) is 77.7 Å². The molecule has 37 heavy (non-hydrogen) atoms. The first-order valence-electron chi connectivity index (χ1n) is 13.0. The molecule has 9 heteroatoms. The number of carbonyl (C=O) groups is 4. The van der Waals surface area contributed by atoms with E-state index in [4.69, 9.17) is 4.74 Å². The number of nitrogens with one attached hydrogen (secondary N) is 2. The molecule has 0 saturated carbocycles.